The summed E-state index contributed by atoms with van der Waals surface area (Å²) in [4.78, 5) is 10.4. The normalized spacial score (nSPS) is 10.9. The molecule has 0 spiro atoms. The second-order valence-electron chi connectivity index (χ2n) is 3.75. The number of nitro groups is 1. The fourth-order valence-electron chi connectivity index (χ4n) is 1.56. The van der Waals surface area contributed by atoms with Crippen LogP contribution in [0.3, 0.4) is 0 Å². The molecule has 0 saturated heterocycles. The average molecular weight is 303 g/mol. The molecule has 9 heteroatoms. The SMILES string of the molecule is COCCOc1ccc(C(OCO)OCO)cc1[N+](=O)[O-]. The predicted octanol–water partition coefficient (Wildman–Crippen LogP) is 0.551. The van der Waals surface area contributed by atoms with Crippen LogP contribution in [0.25, 0.3) is 0 Å². The molecule has 0 aliphatic carbocycles. The van der Waals surface area contributed by atoms with Gasteiger partial charge >= 0.3 is 5.69 Å². The highest BCUT2D eigenvalue weighted by molar-refractivity contribution is 5.49. The Hall–Kier alpha value is -1.78. The summed E-state index contributed by atoms with van der Waals surface area (Å²) >= 11 is 0. The topological polar surface area (TPSA) is 121 Å². The van der Waals surface area contributed by atoms with Crippen molar-refractivity contribution in [2.24, 2.45) is 0 Å². The van der Waals surface area contributed by atoms with Crippen LogP contribution in [-0.4, -0.2) is 49.0 Å². The van der Waals surface area contributed by atoms with E-state index in [-0.39, 0.29) is 23.6 Å². The van der Waals surface area contributed by atoms with E-state index in [0.29, 0.717) is 6.61 Å². The van der Waals surface area contributed by atoms with Gasteiger partial charge < -0.3 is 29.2 Å². The summed E-state index contributed by atoms with van der Waals surface area (Å²) in [6, 6.07) is 4.06. The molecule has 0 fully saturated rings. The Kier molecular flexibility index (Phi) is 7.58. The van der Waals surface area contributed by atoms with Gasteiger partial charge in [-0.25, -0.2) is 0 Å². The quantitative estimate of drug-likeness (QED) is 0.278. The summed E-state index contributed by atoms with van der Waals surface area (Å²) in [5.41, 5.74) is -0.0134. The molecule has 0 unspecified atom stereocenters. The number of nitro benzene ring substituents is 1. The number of ether oxygens (including phenoxy) is 4. The Balaban J connectivity index is 2.97. The van der Waals surface area contributed by atoms with E-state index >= 15 is 0 Å². The molecule has 0 amide bonds. The molecular weight excluding hydrogens is 286 g/mol. The maximum Gasteiger partial charge on any atom is 0.311 e. The molecule has 9 nitrogen and oxygen atoms in total. The minimum atomic E-state index is -1.12. The van der Waals surface area contributed by atoms with Crippen LogP contribution < -0.4 is 4.74 Å². The number of hydrogen-bond acceptors (Lipinski definition) is 8. The second-order valence-corrected chi connectivity index (χ2v) is 3.75. The van der Waals surface area contributed by atoms with Crippen LogP contribution in [-0.2, 0) is 14.2 Å². The maximum atomic E-state index is 11.1. The number of aliphatic hydroxyl groups excluding tert-OH is 2. The van der Waals surface area contributed by atoms with Crippen LogP contribution in [0.15, 0.2) is 18.2 Å². The largest absolute Gasteiger partial charge is 0.484 e. The lowest BCUT2D eigenvalue weighted by Crippen LogP contribution is -2.11. The van der Waals surface area contributed by atoms with Gasteiger partial charge in [0.05, 0.1) is 11.5 Å². The zero-order valence-electron chi connectivity index (χ0n) is 11.4. The van der Waals surface area contributed by atoms with Crippen LogP contribution in [0.5, 0.6) is 5.75 Å². The van der Waals surface area contributed by atoms with E-state index in [2.05, 4.69) is 0 Å². The minimum absolute atomic E-state index is 0.0764. The third-order valence-electron chi connectivity index (χ3n) is 2.45. The maximum absolute atomic E-state index is 11.1. The molecule has 21 heavy (non-hydrogen) atoms. The lowest BCUT2D eigenvalue weighted by Gasteiger charge is -2.16. The van der Waals surface area contributed by atoms with Crippen molar-refractivity contribution >= 4 is 5.69 Å². The summed E-state index contributed by atoms with van der Waals surface area (Å²) in [6.07, 6.45) is -1.12. The highest BCUT2D eigenvalue weighted by Crippen LogP contribution is 2.31. The highest BCUT2D eigenvalue weighted by atomic mass is 16.7. The first-order valence-electron chi connectivity index (χ1n) is 5.99. The van der Waals surface area contributed by atoms with Crippen LogP contribution in [0.4, 0.5) is 5.69 Å². The zero-order chi connectivity index (χ0) is 15.7. The number of aliphatic hydroxyl groups is 2. The van der Waals surface area contributed by atoms with E-state index < -0.39 is 24.8 Å². The first kappa shape index (κ1) is 17.3. The highest BCUT2D eigenvalue weighted by Gasteiger charge is 2.21. The molecule has 0 aliphatic rings. The van der Waals surface area contributed by atoms with Gasteiger partial charge in [0.15, 0.2) is 12.0 Å². The molecule has 0 radical (unpaired) electrons. The number of rotatable bonds is 10. The van der Waals surface area contributed by atoms with Gasteiger partial charge in [0.25, 0.3) is 0 Å². The summed E-state index contributed by atoms with van der Waals surface area (Å²) in [5.74, 6) is 0.0764. The Labute approximate surface area is 120 Å². The van der Waals surface area contributed by atoms with E-state index in [1.807, 2.05) is 0 Å². The van der Waals surface area contributed by atoms with Gasteiger partial charge in [-0.2, -0.15) is 0 Å². The van der Waals surface area contributed by atoms with E-state index in [1.54, 1.807) is 0 Å². The molecule has 1 rings (SSSR count). The van der Waals surface area contributed by atoms with Crippen molar-refractivity contribution in [3.63, 3.8) is 0 Å². The van der Waals surface area contributed by atoms with Gasteiger partial charge in [-0.1, -0.05) is 0 Å². The number of benzene rings is 1. The van der Waals surface area contributed by atoms with Gasteiger partial charge in [-0.05, 0) is 12.1 Å². The molecule has 0 heterocycles. The van der Waals surface area contributed by atoms with Crippen LogP contribution in [0.2, 0.25) is 0 Å². The smallest absolute Gasteiger partial charge is 0.311 e. The molecular formula is C12H17NO8. The summed E-state index contributed by atoms with van der Waals surface area (Å²) in [6.45, 7) is -0.863. The number of nitrogens with zero attached hydrogens (tertiary/aromatic N) is 1. The summed E-state index contributed by atoms with van der Waals surface area (Å²) in [7, 11) is 1.49. The lowest BCUT2D eigenvalue weighted by molar-refractivity contribution is -0.386. The molecule has 2 N–H and O–H groups in total. The Morgan fingerprint density at radius 2 is 1.90 bits per heavy atom. The Bertz CT molecular complexity index is 447. The standard InChI is InChI=1S/C12H17NO8/c1-18-4-5-19-11-3-2-9(6-10(11)13(16)17)12(20-7-14)21-8-15/h2-3,6,12,14-15H,4-5,7-8H2,1H3. The third kappa shape index (κ3) is 5.25. The fraction of sp³-hybridized carbons (Fsp3) is 0.500. The van der Waals surface area contributed by atoms with Gasteiger partial charge in [-0.15, -0.1) is 0 Å². The number of hydrogen-bond donors (Lipinski definition) is 2. The molecule has 0 aromatic heterocycles. The van der Waals surface area contributed by atoms with Gasteiger partial charge in [0.2, 0.25) is 0 Å². The van der Waals surface area contributed by atoms with Crippen molar-refractivity contribution in [2.75, 3.05) is 33.9 Å². The predicted molar refractivity (Wildman–Crippen MR) is 69.6 cm³/mol. The van der Waals surface area contributed by atoms with Gasteiger partial charge in [0, 0.05) is 18.7 Å². The molecule has 1 aromatic carbocycles. The molecule has 1 aromatic rings. The van der Waals surface area contributed by atoms with E-state index in [1.165, 1.54) is 25.3 Å². The van der Waals surface area contributed by atoms with Gasteiger partial charge in [0.1, 0.15) is 20.2 Å². The Morgan fingerprint density at radius 1 is 1.24 bits per heavy atom. The van der Waals surface area contributed by atoms with E-state index in [0.717, 1.165) is 0 Å². The zero-order valence-corrected chi connectivity index (χ0v) is 11.4. The number of methoxy groups -OCH3 is 1. The van der Waals surface area contributed by atoms with Gasteiger partial charge in [-0.3, -0.25) is 10.1 Å². The lowest BCUT2D eigenvalue weighted by atomic mass is 10.2. The minimum Gasteiger partial charge on any atom is -0.484 e. The molecule has 0 bridgehead atoms. The molecule has 118 valence electrons. The second kappa shape index (κ2) is 9.21. The average Bonchev–Trinajstić information content (AvgIpc) is 2.47. The van der Waals surface area contributed by atoms with Crippen molar-refractivity contribution < 1.29 is 34.1 Å². The molecule has 0 saturated carbocycles. The monoisotopic (exact) mass is 303 g/mol. The van der Waals surface area contributed by atoms with Crippen molar-refractivity contribution in [2.45, 2.75) is 6.29 Å². The van der Waals surface area contributed by atoms with Crippen LogP contribution >= 0.6 is 0 Å². The van der Waals surface area contributed by atoms with E-state index in [4.69, 9.17) is 29.2 Å². The summed E-state index contributed by atoms with van der Waals surface area (Å²) in [5, 5.41) is 28.5. The first-order valence-corrected chi connectivity index (χ1v) is 5.99. The first-order chi connectivity index (χ1) is 10.1. The van der Waals surface area contributed by atoms with Crippen molar-refractivity contribution in [1.82, 2.24) is 0 Å². The van der Waals surface area contributed by atoms with Crippen LogP contribution in [0, 0.1) is 10.1 Å². The van der Waals surface area contributed by atoms with Crippen molar-refractivity contribution in [3.8, 4) is 5.75 Å². The third-order valence-corrected chi connectivity index (χ3v) is 2.45. The van der Waals surface area contributed by atoms with Crippen LogP contribution in [0.1, 0.15) is 11.9 Å². The molecule has 0 atom stereocenters. The summed E-state index contributed by atoms with van der Waals surface area (Å²) < 4.78 is 19.7. The van der Waals surface area contributed by atoms with Crippen molar-refractivity contribution in [3.05, 3.63) is 33.9 Å². The van der Waals surface area contributed by atoms with Crippen molar-refractivity contribution in [1.29, 1.82) is 0 Å². The van der Waals surface area contributed by atoms with E-state index in [9.17, 15) is 10.1 Å². The Morgan fingerprint density at radius 3 is 2.43 bits per heavy atom. The molecule has 0 aliphatic heterocycles. The fourth-order valence-corrected chi connectivity index (χ4v) is 1.56.